The fourth-order valence-electron chi connectivity index (χ4n) is 2.99. The Morgan fingerprint density at radius 1 is 1.18 bits per heavy atom. The van der Waals surface area contributed by atoms with Crippen molar-refractivity contribution < 1.29 is 4.79 Å². The van der Waals surface area contributed by atoms with Gasteiger partial charge in [0.15, 0.2) is 0 Å². The standard InChI is InChI=1S/C16H16O/c1-11(12-5-3-2-4-6-12)15-9-14-8-7-13(15)10-16(14)17/h2-6,9,13-14H,1,7-8,10H2/t13-,14-/m1/s1. The lowest BCUT2D eigenvalue weighted by Crippen LogP contribution is -2.30. The summed E-state index contributed by atoms with van der Waals surface area (Å²) in [5, 5.41) is 0. The van der Waals surface area contributed by atoms with Gasteiger partial charge in [0.1, 0.15) is 5.78 Å². The van der Waals surface area contributed by atoms with Crippen LogP contribution >= 0.6 is 0 Å². The quantitative estimate of drug-likeness (QED) is 0.749. The molecule has 0 spiro atoms. The number of carbonyl (C=O) groups is 1. The van der Waals surface area contributed by atoms with E-state index in [2.05, 4.69) is 24.8 Å². The number of hydrogen-bond donors (Lipinski definition) is 0. The van der Waals surface area contributed by atoms with E-state index < -0.39 is 0 Å². The maximum Gasteiger partial charge on any atom is 0.140 e. The molecule has 2 bridgehead atoms. The number of carbonyl (C=O) groups excluding carboxylic acids is 1. The third-order valence-corrected chi connectivity index (χ3v) is 3.98. The van der Waals surface area contributed by atoms with Crippen molar-refractivity contribution in [3.63, 3.8) is 0 Å². The fourth-order valence-corrected chi connectivity index (χ4v) is 2.99. The first-order chi connectivity index (χ1) is 8.25. The number of hydrogen-bond acceptors (Lipinski definition) is 1. The van der Waals surface area contributed by atoms with Crippen LogP contribution in [0.1, 0.15) is 24.8 Å². The number of fused-ring (bicyclic) bond motifs is 2. The average Bonchev–Trinajstić information content (AvgIpc) is 2.39. The van der Waals surface area contributed by atoms with Gasteiger partial charge in [-0.1, -0.05) is 43.0 Å². The van der Waals surface area contributed by atoms with Crippen LogP contribution in [0.3, 0.4) is 0 Å². The zero-order valence-corrected chi connectivity index (χ0v) is 9.86. The topological polar surface area (TPSA) is 17.1 Å². The summed E-state index contributed by atoms with van der Waals surface area (Å²) >= 11 is 0. The van der Waals surface area contributed by atoms with Crippen LogP contribution in [0.5, 0.6) is 0 Å². The summed E-state index contributed by atoms with van der Waals surface area (Å²) in [7, 11) is 0. The van der Waals surface area contributed by atoms with Crippen molar-refractivity contribution in [2.45, 2.75) is 19.3 Å². The van der Waals surface area contributed by atoms with Gasteiger partial charge in [-0.3, -0.25) is 4.79 Å². The lowest BCUT2D eigenvalue weighted by molar-refractivity contribution is -0.124. The SMILES string of the molecule is C=C(C1=C[C@H]2CC[C@@H]1CC2=O)c1ccccc1. The molecular formula is C16H16O. The van der Waals surface area contributed by atoms with Gasteiger partial charge in [-0.2, -0.15) is 0 Å². The highest BCUT2D eigenvalue weighted by atomic mass is 16.1. The third-order valence-electron chi connectivity index (χ3n) is 3.98. The zero-order valence-electron chi connectivity index (χ0n) is 9.86. The van der Waals surface area contributed by atoms with Crippen LogP contribution in [-0.2, 0) is 4.79 Å². The Morgan fingerprint density at radius 2 is 1.94 bits per heavy atom. The fraction of sp³-hybridized carbons (Fsp3) is 0.312. The van der Waals surface area contributed by atoms with E-state index in [1.165, 1.54) is 11.1 Å². The van der Waals surface area contributed by atoms with Crippen molar-refractivity contribution in [1.82, 2.24) is 0 Å². The third kappa shape index (κ3) is 1.76. The van der Waals surface area contributed by atoms with Gasteiger partial charge in [-0.25, -0.2) is 0 Å². The molecule has 0 N–H and O–H groups in total. The Balaban J connectivity index is 1.94. The molecule has 0 aromatic heterocycles. The van der Waals surface area contributed by atoms with E-state index in [4.69, 9.17) is 0 Å². The van der Waals surface area contributed by atoms with E-state index in [-0.39, 0.29) is 5.92 Å². The highest BCUT2D eigenvalue weighted by molar-refractivity contribution is 5.90. The predicted molar refractivity (Wildman–Crippen MR) is 69.4 cm³/mol. The number of benzene rings is 1. The van der Waals surface area contributed by atoms with Crippen molar-refractivity contribution in [3.8, 4) is 0 Å². The predicted octanol–water partition coefficient (Wildman–Crippen LogP) is 3.63. The molecule has 0 radical (unpaired) electrons. The second-order valence-electron chi connectivity index (χ2n) is 5.02. The van der Waals surface area contributed by atoms with Gasteiger partial charge in [0, 0.05) is 12.3 Å². The normalized spacial score (nSPS) is 26.8. The maximum absolute atomic E-state index is 11.7. The summed E-state index contributed by atoms with van der Waals surface area (Å²) in [6.07, 6.45) is 5.07. The summed E-state index contributed by atoms with van der Waals surface area (Å²) < 4.78 is 0. The van der Waals surface area contributed by atoms with E-state index in [1.54, 1.807) is 0 Å². The lowest BCUT2D eigenvalue weighted by Gasteiger charge is -2.35. The molecule has 0 aliphatic heterocycles. The average molecular weight is 224 g/mol. The first kappa shape index (κ1) is 10.5. The van der Waals surface area contributed by atoms with Gasteiger partial charge in [0.2, 0.25) is 0 Å². The van der Waals surface area contributed by atoms with E-state index in [9.17, 15) is 4.79 Å². The second-order valence-corrected chi connectivity index (χ2v) is 5.02. The van der Waals surface area contributed by atoms with E-state index in [1.807, 2.05) is 18.2 Å². The highest BCUT2D eigenvalue weighted by Crippen LogP contribution is 2.43. The molecule has 1 nitrogen and oxygen atoms in total. The Morgan fingerprint density at radius 3 is 2.53 bits per heavy atom. The monoisotopic (exact) mass is 224 g/mol. The summed E-state index contributed by atoms with van der Waals surface area (Å²) in [4.78, 5) is 11.7. The Labute approximate surface area is 102 Å². The first-order valence-electron chi connectivity index (χ1n) is 6.25. The maximum atomic E-state index is 11.7. The van der Waals surface area contributed by atoms with E-state index in [0.29, 0.717) is 11.7 Å². The largest absolute Gasteiger partial charge is 0.299 e. The summed E-state index contributed by atoms with van der Waals surface area (Å²) in [6.45, 7) is 4.21. The van der Waals surface area contributed by atoms with Crippen molar-refractivity contribution in [1.29, 1.82) is 0 Å². The van der Waals surface area contributed by atoms with Crippen molar-refractivity contribution in [2.24, 2.45) is 11.8 Å². The minimum absolute atomic E-state index is 0.162. The smallest absolute Gasteiger partial charge is 0.140 e. The molecular weight excluding hydrogens is 208 g/mol. The van der Waals surface area contributed by atoms with E-state index in [0.717, 1.165) is 24.8 Å². The molecule has 1 saturated carbocycles. The number of rotatable bonds is 2. The van der Waals surface area contributed by atoms with Crippen LogP contribution in [-0.4, -0.2) is 5.78 Å². The minimum Gasteiger partial charge on any atom is -0.299 e. The van der Waals surface area contributed by atoms with Crippen LogP contribution in [0, 0.1) is 11.8 Å². The number of allylic oxidation sites excluding steroid dienone is 3. The van der Waals surface area contributed by atoms with Gasteiger partial charge in [-0.05, 0) is 35.5 Å². The van der Waals surface area contributed by atoms with E-state index >= 15 is 0 Å². The first-order valence-corrected chi connectivity index (χ1v) is 6.25. The zero-order chi connectivity index (χ0) is 11.8. The van der Waals surface area contributed by atoms with Gasteiger partial charge >= 0.3 is 0 Å². The lowest BCUT2D eigenvalue weighted by atomic mass is 9.68. The van der Waals surface area contributed by atoms with Gasteiger partial charge in [-0.15, -0.1) is 0 Å². The van der Waals surface area contributed by atoms with Gasteiger partial charge < -0.3 is 0 Å². The van der Waals surface area contributed by atoms with Gasteiger partial charge in [0.25, 0.3) is 0 Å². The molecule has 3 aliphatic rings. The molecule has 1 aromatic carbocycles. The van der Waals surface area contributed by atoms with Crippen LogP contribution in [0.2, 0.25) is 0 Å². The molecule has 4 rings (SSSR count). The Hall–Kier alpha value is -1.63. The molecule has 0 saturated heterocycles. The molecule has 1 heteroatoms. The molecule has 0 heterocycles. The minimum atomic E-state index is 0.162. The van der Waals surface area contributed by atoms with Crippen molar-refractivity contribution in [3.05, 3.63) is 54.1 Å². The van der Waals surface area contributed by atoms with Crippen molar-refractivity contribution >= 4 is 11.4 Å². The molecule has 17 heavy (non-hydrogen) atoms. The molecule has 1 aromatic rings. The van der Waals surface area contributed by atoms with Crippen molar-refractivity contribution in [2.75, 3.05) is 0 Å². The second kappa shape index (κ2) is 3.99. The number of ketones is 1. The molecule has 0 unspecified atom stereocenters. The summed E-state index contributed by atoms with van der Waals surface area (Å²) in [6, 6.07) is 10.3. The molecule has 0 amide bonds. The molecule has 2 atom stereocenters. The van der Waals surface area contributed by atoms with Crippen LogP contribution in [0.25, 0.3) is 5.57 Å². The Bertz CT molecular complexity index is 496. The van der Waals surface area contributed by atoms with Crippen LogP contribution in [0.4, 0.5) is 0 Å². The molecule has 3 aliphatic carbocycles. The summed E-state index contributed by atoms with van der Waals surface area (Å²) in [5.74, 6) is 1.00. The molecule has 1 fully saturated rings. The van der Waals surface area contributed by atoms with Gasteiger partial charge in [0.05, 0.1) is 0 Å². The van der Waals surface area contributed by atoms with Crippen LogP contribution in [0.15, 0.2) is 48.6 Å². The Kier molecular flexibility index (Phi) is 2.47. The highest BCUT2D eigenvalue weighted by Gasteiger charge is 2.35. The van der Waals surface area contributed by atoms with Crippen LogP contribution < -0.4 is 0 Å². The summed E-state index contributed by atoms with van der Waals surface area (Å²) in [5.41, 5.74) is 3.60. The molecule has 86 valence electrons. The number of Topliss-reactive ketones (excluding diaryl/α,β-unsaturated/α-hetero) is 1.